The van der Waals surface area contributed by atoms with Crippen molar-refractivity contribution in [1.82, 2.24) is 0 Å². The van der Waals surface area contributed by atoms with Crippen LogP contribution < -0.4 is 4.74 Å². The fraction of sp³-hybridized carbons (Fsp3) is 0.474. The molecule has 4 nitrogen and oxygen atoms in total. The largest absolute Gasteiger partial charge is 0.459 e. The van der Waals surface area contributed by atoms with Crippen LogP contribution >= 0.6 is 0 Å². The Morgan fingerprint density at radius 2 is 1.78 bits per heavy atom. The van der Waals surface area contributed by atoms with E-state index in [1.54, 1.807) is 13.0 Å². The predicted molar refractivity (Wildman–Crippen MR) is 88.1 cm³/mol. The molecule has 124 valence electrons. The van der Waals surface area contributed by atoms with Crippen molar-refractivity contribution in [3.8, 4) is 5.75 Å². The molecule has 1 saturated carbocycles. The molecular formula is C19H24O4. The van der Waals surface area contributed by atoms with Crippen molar-refractivity contribution in [2.24, 2.45) is 5.92 Å². The van der Waals surface area contributed by atoms with E-state index >= 15 is 0 Å². The molecule has 1 aliphatic rings. The highest BCUT2D eigenvalue weighted by Gasteiger charge is 2.29. The lowest BCUT2D eigenvalue weighted by atomic mass is 9.87. The van der Waals surface area contributed by atoms with Gasteiger partial charge in [0.05, 0.1) is 5.92 Å². The second-order valence-corrected chi connectivity index (χ2v) is 5.83. The number of aryl methyl sites for hydroxylation is 1. The first-order chi connectivity index (χ1) is 11.1. The molecule has 0 heterocycles. The van der Waals surface area contributed by atoms with Crippen LogP contribution in [0.5, 0.6) is 5.75 Å². The van der Waals surface area contributed by atoms with Crippen LogP contribution in [0.4, 0.5) is 0 Å². The number of allylic oxidation sites excluding steroid dienone is 1. The summed E-state index contributed by atoms with van der Waals surface area (Å²) < 4.78 is 10.8. The minimum absolute atomic E-state index is 0.0911. The van der Waals surface area contributed by atoms with Gasteiger partial charge in [-0.05, 0) is 56.7 Å². The molecule has 0 atom stereocenters. The van der Waals surface area contributed by atoms with Gasteiger partial charge in [0.2, 0.25) is 0 Å². The van der Waals surface area contributed by atoms with Crippen LogP contribution in [0.3, 0.4) is 0 Å². The van der Waals surface area contributed by atoms with Gasteiger partial charge in [0.25, 0.3) is 0 Å². The summed E-state index contributed by atoms with van der Waals surface area (Å²) in [6.07, 6.45) is 6.75. The van der Waals surface area contributed by atoms with Crippen molar-refractivity contribution in [2.45, 2.75) is 52.1 Å². The summed E-state index contributed by atoms with van der Waals surface area (Å²) >= 11 is 0. The minimum atomic E-state index is -0.311. The summed E-state index contributed by atoms with van der Waals surface area (Å²) in [5.41, 5.74) is 1.22. The Labute approximate surface area is 137 Å². The van der Waals surface area contributed by atoms with Crippen LogP contribution in [-0.2, 0) is 20.7 Å². The Kier molecular flexibility index (Phi) is 6.39. The van der Waals surface area contributed by atoms with E-state index in [2.05, 4.69) is 6.92 Å². The molecule has 2 rings (SSSR count). The van der Waals surface area contributed by atoms with E-state index in [1.165, 1.54) is 11.6 Å². The standard InChI is InChI=1S/C19H24O4/c1-3-5-18(20)22-16-12-8-15(9-13-16)19(21)23-17-10-6-14(4-2)7-11-17/h3,5-7,10-11,15-16H,4,8-9,12-13H2,1-2H3. The zero-order valence-corrected chi connectivity index (χ0v) is 13.8. The third-order valence-corrected chi connectivity index (χ3v) is 4.14. The fourth-order valence-electron chi connectivity index (χ4n) is 2.75. The van der Waals surface area contributed by atoms with Gasteiger partial charge in [-0.3, -0.25) is 4.79 Å². The number of carbonyl (C=O) groups is 2. The minimum Gasteiger partial charge on any atom is -0.459 e. The van der Waals surface area contributed by atoms with Gasteiger partial charge in [0, 0.05) is 6.08 Å². The topological polar surface area (TPSA) is 52.6 Å². The molecule has 0 aromatic heterocycles. The zero-order chi connectivity index (χ0) is 16.7. The SMILES string of the molecule is CC=CC(=O)OC1CCC(C(=O)Oc2ccc(CC)cc2)CC1. The number of rotatable bonds is 5. The molecule has 0 saturated heterocycles. The molecule has 1 aromatic carbocycles. The molecule has 0 unspecified atom stereocenters. The molecule has 1 aromatic rings. The molecule has 0 amide bonds. The zero-order valence-electron chi connectivity index (χ0n) is 13.8. The number of ether oxygens (including phenoxy) is 2. The van der Waals surface area contributed by atoms with Gasteiger partial charge in [-0.15, -0.1) is 0 Å². The Bertz CT molecular complexity index is 551. The van der Waals surface area contributed by atoms with E-state index in [4.69, 9.17) is 9.47 Å². The molecule has 1 fully saturated rings. The Morgan fingerprint density at radius 1 is 1.13 bits per heavy atom. The number of carbonyl (C=O) groups excluding carboxylic acids is 2. The summed E-state index contributed by atoms with van der Waals surface area (Å²) in [4.78, 5) is 23.6. The van der Waals surface area contributed by atoms with Crippen molar-refractivity contribution in [3.05, 3.63) is 42.0 Å². The summed E-state index contributed by atoms with van der Waals surface area (Å²) in [5, 5.41) is 0. The fourth-order valence-corrected chi connectivity index (χ4v) is 2.75. The molecule has 0 radical (unpaired) electrons. The van der Waals surface area contributed by atoms with Crippen LogP contribution in [0.25, 0.3) is 0 Å². The van der Waals surface area contributed by atoms with Crippen LogP contribution in [0.2, 0.25) is 0 Å². The summed E-state index contributed by atoms with van der Waals surface area (Å²) in [5.74, 6) is -0.0200. The maximum atomic E-state index is 12.2. The van der Waals surface area contributed by atoms with Gasteiger partial charge in [-0.2, -0.15) is 0 Å². The van der Waals surface area contributed by atoms with E-state index in [-0.39, 0.29) is 24.0 Å². The molecule has 0 N–H and O–H groups in total. The second-order valence-electron chi connectivity index (χ2n) is 5.83. The molecule has 4 heteroatoms. The first kappa shape index (κ1) is 17.3. The van der Waals surface area contributed by atoms with Crippen LogP contribution in [-0.4, -0.2) is 18.0 Å². The van der Waals surface area contributed by atoms with Crippen LogP contribution in [0.15, 0.2) is 36.4 Å². The van der Waals surface area contributed by atoms with E-state index in [9.17, 15) is 9.59 Å². The molecule has 1 aliphatic carbocycles. The lowest BCUT2D eigenvalue weighted by molar-refractivity contribution is -0.147. The van der Waals surface area contributed by atoms with E-state index in [0.29, 0.717) is 31.4 Å². The highest BCUT2D eigenvalue weighted by molar-refractivity contribution is 5.82. The van der Waals surface area contributed by atoms with E-state index in [1.807, 2.05) is 24.3 Å². The summed E-state index contributed by atoms with van der Waals surface area (Å²) in [6.45, 7) is 3.86. The van der Waals surface area contributed by atoms with Crippen LogP contribution in [0, 0.1) is 5.92 Å². The lowest BCUT2D eigenvalue weighted by Gasteiger charge is -2.26. The van der Waals surface area contributed by atoms with Crippen molar-refractivity contribution >= 4 is 11.9 Å². The summed E-state index contributed by atoms with van der Waals surface area (Å²) in [6, 6.07) is 7.61. The molecular weight excluding hydrogens is 292 g/mol. The van der Waals surface area contributed by atoms with Crippen molar-refractivity contribution in [1.29, 1.82) is 0 Å². The Balaban J connectivity index is 1.79. The third kappa shape index (κ3) is 5.23. The van der Waals surface area contributed by atoms with Gasteiger partial charge < -0.3 is 9.47 Å². The predicted octanol–water partition coefficient (Wildman–Crippen LogP) is 3.83. The Morgan fingerprint density at radius 3 is 2.35 bits per heavy atom. The first-order valence-corrected chi connectivity index (χ1v) is 8.26. The average molecular weight is 316 g/mol. The van der Waals surface area contributed by atoms with Gasteiger partial charge in [-0.25, -0.2) is 4.79 Å². The molecule has 0 bridgehead atoms. The Hall–Kier alpha value is -2.10. The maximum Gasteiger partial charge on any atom is 0.330 e. The van der Waals surface area contributed by atoms with Crippen LogP contribution in [0.1, 0.15) is 45.1 Å². The number of esters is 2. The van der Waals surface area contributed by atoms with E-state index in [0.717, 1.165) is 6.42 Å². The lowest BCUT2D eigenvalue weighted by Crippen LogP contribution is -2.29. The molecule has 0 aliphatic heterocycles. The average Bonchev–Trinajstić information content (AvgIpc) is 2.56. The van der Waals surface area contributed by atoms with Gasteiger partial charge in [0.1, 0.15) is 11.9 Å². The first-order valence-electron chi connectivity index (χ1n) is 8.26. The molecule has 0 spiro atoms. The normalized spacial score (nSPS) is 21.1. The number of hydrogen-bond acceptors (Lipinski definition) is 4. The maximum absolute atomic E-state index is 12.2. The van der Waals surface area contributed by atoms with Gasteiger partial charge in [0.15, 0.2) is 0 Å². The van der Waals surface area contributed by atoms with Crippen molar-refractivity contribution < 1.29 is 19.1 Å². The van der Waals surface area contributed by atoms with Gasteiger partial charge in [-0.1, -0.05) is 25.1 Å². The third-order valence-electron chi connectivity index (χ3n) is 4.14. The quantitative estimate of drug-likeness (QED) is 0.470. The highest BCUT2D eigenvalue weighted by Crippen LogP contribution is 2.28. The van der Waals surface area contributed by atoms with Crippen molar-refractivity contribution in [3.63, 3.8) is 0 Å². The monoisotopic (exact) mass is 316 g/mol. The van der Waals surface area contributed by atoms with Gasteiger partial charge >= 0.3 is 11.9 Å². The molecule has 23 heavy (non-hydrogen) atoms. The highest BCUT2D eigenvalue weighted by atomic mass is 16.5. The smallest absolute Gasteiger partial charge is 0.330 e. The second kappa shape index (κ2) is 8.51. The number of benzene rings is 1. The van der Waals surface area contributed by atoms with E-state index < -0.39 is 0 Å². The van der Waals surface area contributed by atoms with Crippen molar-refractivity contribution in [2.75, 3.05) is 0 Å². The number of hydrogen-bond donors (Lipinski definition) is 0. The summed E-state index contributed by atoms with van der Waals surface area (Å²) in [7, 11) is 0.